The fraction of sp³-hybridized carbons (Fsp3) is 0.348. The Labute approximate surface area is 180 Å². The van der Waals surface area contributed by atoms with E-state index in [1.807, 2.05) is 20.8 Å². The summed E-state index contributed by atoms with van der Waals surface area (Å²) in [6.45, 7) is 5.85. The highest BCUT2D eigenvalue weighted by atomic mass is 19.1. The van der Waals surface area contributed by atoms with Crippen molar-refractivity contribution in [3.63, 3.8) is 0 Å². The molecule has 0 unspecified atom stereocenters. The summed E-state index contributed by atoms with van der Waals surface area (Å²) in [5, 5.41) is 7.87. The van der Waals surface area contributed by atoms with Crippen molar-refractivity contribution in [2.75, 3.05) is 14.2 Å². The maximum Gasteiger partial charge on any atom is 0.328 e. The number of methoxy groups -OCH3 is 2. The fourth-order valence-corrected chi connectivity index (χ4v) is 3.28. The molecule has 1 amide bonds. The number of amides is 1. The monoisotopic (exact) mass is 427 g/mol. The van der Waals surface area contributed by atoms with E-state index in [2.05, 4.69) is 10.4 Å². The van der Waals surface area contributed by atoms with Gasteiger partial charge in [-0.1, -0.05) is 32.9 Å². The molecule has 0 saturated carbocycles. The van der Waals surface area contributed by atoms with Crippen molar-refractivity contribution in [3.05, 3.63) is 59.5 Å². The molecule has 8 heteroatoms. The highest BCUT2D eigenvalue weighted by Crippen LogP contribution is 2.26. The molecule has 0 aliphatic carbocycles. The maximum atomic E-state index is 13.3. The first kappa shape index (κ1) is 22.3. The number of ether oxygens (including phenoxy) is 2. The molecular weight excluding hydrogens is 401 g/mol. The number of carbonyl (C=O) groups excluding carboxylic acids is 2. The molecular formula is C23H26FN3O4. The second kappa shape index (κ2) is 8.75. The minimum absolute atomic E-state index is 0.179. The summed E-state index contributed by atoms with van der Waals surface area (Å²) in [7, 11) is 2.84. The molecule has 0 spiro atoms. The van der Waals surface area contributed by atoms with Crippen LogP contribution in [-0.2, 0) is 16.1 Å². The first-order valence-corrected chi connectivity index (χ1v) is 9.81. The van der Waals surface area contributed by atoms with Gasteiger partial charge in [-0.15, -0.1) is 0 Å². The molecule has 0 saturated heterocycles. The first-order valence-electron chi connectivity index (χ1n) is 9.81. The average Bonchev–Trinajstić information content (AvgIpc) is 3.09. The van der Waals surface area contributed by atoms with E-state index in [4.69, 9.17) is 9.47 Å². The van der Waals surface area contributed by atoms with Gasteiger partial charge >= 0.3 is 5.97 Å². The SMILES string of the molecule is COC(=O)[C@@H](NC(=O)c1nn(Cc2ccc(F)cc2)c2cc(OC)ccc12)C(C)(C)C. The zero-order valence-corrected chi connectivity index (χ0v) is 18.2. The number of rotatable bonds is 6. The van der Waals surface area contributed by atoms with Crippen LogP contribution >= 0.6 is 0 Å². The molecule has 0 fully saturated rings. The van der Waals surface area contributed by atoms with Gasteiger partial charge in [-0.25, -0.2) is 9.18 Å². The molecule has 164 valence electrons. The molecule has 0 radical (unpaired) electrons. The van der Waals surface area contributed by atoms with Gasteiger partial charge in [0, 0.05) is 11.5 Å². The summed E-state index contributed by atoms with van der Waals surface area (Å²) in [6.07, 6.45) is 0. The highest BCUT2D eigenvalue weighted by Gasteiger charge is 2.34. The lowest BCUT2D eigenvalue weighted by molar-refractivity contribution is -0.145. The Morgan fingerprint density at radius 3 is 2.39 bits per heavy atom. The average molecular weight is 427 g/mol. The van der Waals surface area contributed by atoms with Gasteiger partial charge in [0.25, 0.3) is 5.91 Å². The van der Waals surface area contributed by atoms with Gasteiger partial charge in [-0.3, -0.25) is 9.48 Å². The Bertz CT molecular complexity index is 1100. The molecule has 0 aliphatic rings. The normalized spacial score (nSPS) is 12.5. The quantitative estimate of drug-likeness (QED) is 0.609. The van der Waals surface area contributed by atoms with Crippen molar-refractivity contribution in [1.82, 2.24) is 15.1 Å². The maximum absolute atomic E-state index is 13.3. The number of benzene rings is 2. The minimum atomic E-state index is -0.847. The summed E-state index contributed by atoms with van der Waals surface area (Å²) in [5.74, 6) is -0.732. The largest absolute Gasteiger partial charge is 0.497 e. The van der Waals surface area contributed by atoms with Crippen molar-refractivity contribution in [3.8, 4) is 5.75 Å². The lowest BCUT2D eigenvalue weighted by Gasteiger charge is -2.28. The number of carbonyl (C=O) groups is 2. The van der Waals surface area contributed by atoms with Crippen LogP contribution in [0.2, 0.25) is 0 Å². The number of nitrogens with one attached hydrogen (secondary N) is 1. The van der Waals surface area contributed by atoms with Crippen LogP contribution in [0.4, 0.5) is 4.39 Å². The van der Waals surface area contributed by atoms with E-state index in [0.717, 1.165) is 5.56 Å². The molecule has 2 aromatic carbocycles. The number of esters is 1. The van der Waals surface area contributed by atoms with E-state index < -0.39 is 23.3 Å². The van der Waals surface area contributed by atoms with E-state index in [1.165, 1.54) is 19.2 Å². The fourth-order valence-electron chi connectivity index (χ4n) is 3.28. The third kappa shape index (κ3) is 4.84. The predicted molar refractivity (Wildman–Crippen MR) is 115 cm³/mol. The van der Waals surface area contributed by atoms with E-state index in [9.17, 15) is 14.0 Å². The van der Waals surface area contributed by atoms with Crippen molar-refractivity contribution < 1.29 is 23.5 Å². The molecule has 7 nitrogen and oxygen atoms in total. The number of hydrogen-bond donors (Lipinski definition) is 1. The van der Waals surface area contributed by atoms with Gasteiger partial charge < -0.3 is 14.8 Å². The van der Waals surface area contributed by atoms with Crippen LogP contribution in [-0.4, -0.2) is 41.9 Å². The summed E-state index contributed by atoms with van der Waals surface area (Å²) >= 11 is 0. The summed E-state index contributed by atoms with van der Waals surface area (Å²) in [5.41, 5.74) is 1.12. The second-order valence-electron chi connectivity index (χ2n) is 8.31. The number of aromatic nitrogens is 2. The van der Waals surface area contributed by atoms with E-state index >= 15 is 0 Å². The first-order chi connectivity index (χ1) is 14.6. The molecule has 3 rings (SSSR count). The van der Waals surface area contributed by atoms with Crippen LogP contribution in [0.5, 0.6) is 5.75 Å². The Morgan fingerprint density at radius 1 is 1.13 bits per heavy atom. The molecule has 1 N–H and O–H groups in total. The van der Waals surface area contributed by atoms with Crippen LogP contribution in [0.3, 0.4) is 0 Å². The van der Waals surface area contributed by atoms with Crippen LogP contribution < -0.4 is 10.1 Å². The van der Waals surface area contributed by atoms with Crippen molar-refractivity contribution in [2.45, 2.75) is 33.4 Å². The summed E-state index contributed by atoms with van der Waals surface area (Å²) in [4.78, 5) is 25.4. The predicted octanol–water partition coefficient (Wildman–Crippen LogP) is 3.55. The van der Waals surface area contributed by atoms with Crippen molar-refractivity contribution in [1.29, 1.82) is 0 Å². The van der Waals surface area contributed by atoms with Gasteiger partial charge in [-0.05, 0) is 35.2 Å². The van der Waals surface area contributed by atoms with Crippen LogP contribution in [0, 0.1) is 11.2 Å². The van der Waals surface area contributed by atoms with Gasteiger partial charge in [0.1, 0.15) is 17.6 Å². The lowest BCUT2D eigenvalue weighted by Crippen LogP contribution is -2.49. The van der Waals surface area contributed by atoms with Crippen molar-refractivity contribution >= 4 is 22.8 Å². The van der Waals surface area contributed by atoms with Gasteiger partial charge in [0.15, 0.2) is 5.69 Å². The number of hydrogen-bond acceptors (Lipinski definition) is 5. The number of halogens is 1. The third-order valence-corrected chi connectivity index (χ3v) is 5.00. The topological polar surface area (TPSA) is 82.5 Å². The Kier molecular flexibility index (Phi) is 6.29. The van der Waals surface area contributed by atoms with Crippen LogP contribution in [0.15, 0.2) is 42.5 Å². The standard InChI is InChI=1S/C23H26FN3O4/c1-23(2,3)20(22(29)31-5)25-21(28)19-17-11-10-16(30-4)12-18(17)27(26-19)13-14-6-8-15(24)9-7-14/h6-12,20H,13H2,1-5H3,(H,25,28)/t20-/m1/s1. The Balaban J connectivity index is 2.02. The highest BCUT2D eigenvalue weighted by molar-refractivity contribution is 6.06. The molecule has 1 heterocycles. The van der Waals surface area contributed by atoms with Crippen LogP contribution in [0.25, 0.3) is 10.9 Å². The smallest absolute Gasteiger partial charge is 0.328 e. The molecule has 3 aromatic rings. The zero-order valence-electron chi connectivity index (χ0n) is 18.2. The minimum Gasteiger partial charge on any atom is -0.497 e. The Hall–Kier alpha value is -3.42. The van der Waals surface area contributed by atoms with Gasteiger partial charge in [-0.2, -0.15) is 5.10 Å². The molecule has 1 aromatic heterocycles. The zero-order chi connectivity index (χ0) is 22.8. The van der Waals surface area contributed by atoms with Crippen molar-refractivity contribution in [2.24, 2.45) is 5.41 Å². The summed E-state index contributed by atoms with van der Waals surface area (Å²) in [6, 6.07) is 10.5. The number of nitrogens with zero attached hydrogens (tertiary/aromatic N) is 2. The van der Waals surface area contributed by atoms with E-state index in [1.54, 1.807) is 42.1 Å². The molecule has 1 atom stereocenters. The third-order valence-electron chi connectivity index (χ3n) is 5.00. The van der Waals surface area contributed by atoms with E-state index in [0.29, 0.717) is 23.2 Å². The molecule has 0 bridgehead atoms. The number of fused-ring (bicyclic) bond motifs is 1. The summed E-state index contributed by atoms with van der Waals surface area (Å²) < 4.78 is 25.1. The van der Waals surface area contributed by atoms with Gasteiger partial charge in [0.2, 0.25) is 0 Å². The van der Waals surface area contributed by atoms with Gasteiger partial charge in [0.05, 0.1) is 26.3 Å². The van der Waals surface area contributed by atoms with Crippen LogP contribution in [0.1, 0.15) is 36.8 Å². The van der Waals surface area contributed by atoms with E-state index in [-0.39, 0.29) is 11.5 Å². The lowest BCUT2D eigenvalue weighted by atomic mass is 9.86. The molecule has 31 heavy (non-hydrogen) atoms. The Morgan fingerprint density at radius 2 is 1.81 bits per heavy atom. The molecule has 0 aliphatic heterocycles. The second-order valence-corrected chi connectivity index (χ2v) is 8.31.